The van der Waals surface area contributed by atoms with Crippen LogP contribution in [0.2, 0.25) is 0 Å². The number of rotatable bonds is 4. The summed E-state index contributed by atoms with van der Waals surface area (Å²) in [5, 5.41) is 3.65. The lowest BCUT2D eigenvalue weighted by Gasteiger charge is -2.41. The minimum absolute atomic E-state index is 0.139. The normalized spacial score (nSPS) is 23.7. The fraction of sp³-hybridized carbons (Fsp3) is 0.846. The van der Waals surface area contributed by atoms with E-state index in [0.29, 0.717) is 0 Å². The van der Waals surface area contributed by atoms with Crippen molar-refractivity contribution >= 4 is 0 Å². The highest BCUT2D eigenvalue weighted by Crippen LogP contribution is 2.30. The molecule has 0 bridgehead atoms. The summed E-state index contributed by atoms with van der Waals surface area (Å²) in [4.78, 5) is 0. The van der Waals surface area contributed by atoms with Gasteiger partial charge in [-0.1, -0.05) is 11.6 Å². The smallest absolute Gasteiger partial charge is 0.0314 e. The van der Waals surface area contributed by atoms with Crippen LogP contribution in [0.25, 0.3) is 0 Å². The van der Waals surface area contributed by atoms with Crippen LogP contribution in [0.5, 0.6) is 0 Å². The Kier molecular flexibility index (Phi) is 3.96. The Morgan fingerprint density at radius 3 is 2.47 bits per heavy atom. The topological polar surface area (TPSA) is 38.0 Å². The Morgan fingerprint density at radius 1 is 1.27 bits per heavy atom. The molecule has 0 saturated heterocycles. The Labute approximate surface area is 94.3 Å². The molecule has 0 aromatic heterocycles. The zero-order valence-corrected chi connectivity index (χ0v) is 10.7. The molecule has 1 aliphatic rings. The largest absolute Gasteiger partial charge is 0.330 e. The van der Waals surface area contributed by atoms with Gasteiger partial charge in [0.25, 0.3) is 0 Å². The molecule has 0 aromatic carbocycles. The van der Waals surface area contributed by atoms with Gasteiger partial charge in [0, 0.05) is 11.1 Å². The third kappa shape index (κ3) is 4.35. The maximum absolute atomic E-state index is 5.52. The molecule has 0 aliphatic carbocycles. The monoisotopic (exact) mass is 210 g/mol. The molecular weight excluding hydrogens is 184 g/mol. The second kappa shape index (κ2) is 4.67. The summed E-state index contributed by atoms with van der Waals surface area (Å²) in [6.07, 6.45) is 7.15. The lowest BCUT2D eigenvalue weighted by molar-refractivity contribution is 0.279. The predicted molar refractivity (Wildman–Crippen MR) is 66.9 cm³/mol. The quantitative estimate of drug-likeness (QED) is 0.553. The highest BCUT2D eigenvalue weighted by atomic mass is 15.0. The van der Waals surface area contributed by atoms with Crippen molar-refractivity contribution in [2.24, 2.45) is 5.73 Å². The zero-order chi connectivity index (χ0) is 11.5. The van der Waals surface area contributed by atoms with Gasteiger partial charge in [-0.25, -0.2) is 0 Å². The minimum atomic E-state index is 0.139. The van der Waals surface area contributed by atoms with Crippen molar-refractivity contribution in [1.82, 2.24) is 5.32 Å². The summed E-state index contributed by atoms with van der Waals surface area (Å²) in [5.41, 5.74) is 7.48. The molecule has 0 saturated carbocycles. The Balaban J connectivity index is 2.59. The van der Waals surface area contributed by atoms with E-state index in [0.717, 1.165) is 13.0 Å². The van der Waals surface area contributed by atoms with Crippen LogP contribution in [0.1, 0.15) is 53.4 Å². The average molecular weight is 210 g/mol. The standard InChI is InChI=1S/C13H26N2/c1-12(2)9-11(7-5-6-8-14)10-13(3,4)15-12/h9,15H,5-8,10,14H2,1-4H3. The third-order valence-corrected chi connectivity index (χ3v) is 2.85. The van der Waals surface area contributed by atoms with E-state index < -0.39 is 0 Å². The number of nitrogens with two attached hydrogens (primary N) is 1. The van der Waals surface area contributed by atoms with Crippen LogP contribution < -0.4 is 11.1 Å². The van der Waals surface area contributed by atoms with E-state index in [1.807, 2.05) is 0 Å². The second-order valence-corrected chi connectivity index (χ2v) is 5.96. The van der Waals surface area contributed by atoms with Crippen LogP contribution in [-0.4, -0.2) is 17.6 Å². The fourth-order valence-corrected chi connectivity index (χ4v) is 2.74. The summed E-state index contributed by atoms with van der Waals surface area (Å²) in [6.45, 7) is 9.88. The first-order valence-corrected chi connectivity index (χ1v) is 6.05. The Hall–Kier alpha value is -0.340. The van der Waals surface area contributed by atoms with E-state index >= 15 is 0 Å². The highest BCUT2D eigenvalue weighted by molar-refractivity contribution is 5.20. The van der Waals surface area contributed by atoms with Crippen LogP contribution in [0.3, 0.4) is 0 Å². The lowest BCUT2D eigenvalue weighted by Crippen LogP contribution is -2.54. The van der Waals surface area contributed by atoms with Crippen molar-refractivity contribution in [2.45, 2.75) is 64.5 Å². The SMILES string of the molecule is CC1(C)C=C(CCCCN)CC(C)(C)N1. The molecule has 0 unspecified atom stereocenters. The van der Waals surface area contributed by atoms with Gasteiger partial charge in [-0.15, -0.1) is 0 Å². The maximum Gasteiger partial charge on any atom is 0.0314 e. The molecule has 0 atom stereocenters. The molecular formula is C13H26N2. The fourth-order valence-electron chi connectivity index (χ4n) is 2.74. The Bertz CT molecular complexity index is 239. The molecule has 88 valence electrons. The first-order chi connectivity index (χ1) is 6.85. The number of nitrogens with one attached hydrogen (secondary N) is 1. The molecule has 1 rings (SSSR count). The van der Waals surface area contributed by atoms with Crippen LogP contribution in [0, 0.1) is 0 Å². The molecule has 0 fully saturated rings. The summed E-state index contributed by atoms with van der Waals surface area (Å²) in [6, 6.07) is 0. The van der Waals surface area contributed by atoms with Crippen molar-refractivity contribution in [3.05, 3.63) is 11.6 Å². The summed E-state index contributed by atoms with van der Waals surface area (Å²) < 4.78 is 0. The molecule has 0 spiro atoms. The van der Waals surface area contributed by atoms with Crippen LogP contribution in [0.4, 0.5) is 0 Å². The van der Waals surface area contributed by atoms with Gasteiger partial charge in [-0.05, 0) is 59.9 Å². The molecule has 15 heavy (non-hydrogen) atoms. The lowest BCUT2D eigenvalue weighted by atomic mass is 9.82. The van der Waals surface area contributed by atoms with Crippen molar-refractivity contribution in [3.8, 4) is 0 Å². The maximum atomic E-state index is 5.52. The van der Waals surface area contributed by atoms with Crippen molar-refractivity contribution < 1.29 is 0 Å². The van der Waals surface area contributed by atoms with Crippen LogP contribution >= 0.6 is 0 Å². The Morgan fingerprint density at radius 2 is 1.93 bits per heavy atom. The van der Waals surface area contributed by atoms with Gasteiger partial charge in [0.2, 0.25) is 0 Å². The molecule has 2 nitrogen and oxygen atoms in total. The highest BCUT2D eigenvalue weighted by Gasteiger charge is 2.31. The molecule has 0 radical (unpaired) electrons. The summed E-state index contributed by atoms with van der Waals surface area (Å²) in [5.74, 6) is 0. The van der Waals surface area contributed by atoms with E-state index in [4.69, 9.17) is 5.73 Å². The van der Waals surface area contributed by atoms with Gasteiger partial charge in [0.15, 0.2) is 0 Å². The molecule has 3 N–H and O–H groups in total. The number of unbranched alkanes of at least 4 members (excludes halogenated alkanes) is 1. The van der Waals surface area contributed by atoms with E-state index in [1.165, 1.54) is 19.3 Å². The second-order valence-electron chi connectivity index (χ2n) is 5.96. The number of hydrogen-bond donors (Lipinski definition) is 2. The van der Waals surface area contributed by atoms with Crippen molar-refractivity contribution in [3.63, 3.8) is 0 Å². The van der Waals surface area contributed by atoms with Gasteiger partial charge in [-0.3, -0.25) is 0 Å². The zero-order valence-electron chi connectivity index (χ0n) is 10.7. The van der Waals surface area contributed by atoms with Gasteiger partial charge >= 0.3 is 0 Å². The minimum Gasteiger partial charge on any atom is -0.330 e. The summed E-state index contributed by atoms with van der Waals surface area (Å²) in [7, 11) is 0. The first-order valence-electron chi connectivity index (χ1n) is 6.05. The van der Waals surface area contributed by atoms with Crippen molar-refractivity contribution in [1.29, 1.82) is 0 Å². The summed E-state index contributed by atoms with van der Waals surface area (Å²) >= 11 is 0. The van der Waals surface area contributed by atoms with Gasteiger partial charge in [-0.2, -0.15) is 0 Å². The molecule has 0 aromatic rings. The van der Waals surface area contributed by atoms with Crippen molar-refractivity contribution in [2.75, 3.05) is 6.54 Å². The molecule has 1 heterocycles. The predicted octanol–water partition coefficient (Wildman–Crippen LogP) is 2.59. The molecule has 1 aliphatic heterocycles. The van der Waals surface area contributed by atoms with E-state index in [-0.39, 0.29) is 11.1 Å². The molecule has 2 heteroatoms. The average Bonchev–Trinajstić information content (AvgIpc) is 1.98. The first kappa shape index (κ1) is 12.7. The molecule has 0 amide bonds. The number of hydrogen-bond acceptors (Lipinski definition) is 2. The third-order valence-electron chi connectivity index (χ3n) is 2.85. The van der Waals surface area contributed by atoms with E-state index in [1.54, 1.807) is 5.57 Å². The van der Waals surface area contributed by atoms with Gasteiger partial charge < -0.3 is 11.1 Å². The van der Waals surface area contributed by atoms with Crippen LogP contribution in [0.15, 0.2) is 11.6 Å². The van der Waals surface area contributed by atoms with E-state index in [9.17, 15) is 0 Å². The van der Waals surface area contributed by atoms with Gasteiger partial charge in [0.05, 0.1) is 0 Å². The van der Waals surface area contributed by atoms with Crippen LogP contribution in [-0.2, 0) is 0 Å². The van der Waals surface area contributed by atoms with E-state index in [2.05, 4.69) is 39.1 Å². The van der Waals surface area contributed by atoms with Gasteiger partial charge in [0.1, 0.15) is 0 Å².